The van der Waals surface area contributed by atoms with Gasteiger partial charge in [-0.2, -0.15) is 0 Å². The molecule has 1 aliphatic rings. The lowest BCUT2D eigenvalue weighted by Gasteiger charge is -2.25. The van der Waals surface area contributed by atoms with E-state index in [2.05, 4.69) is 22.4 Å². The molecule has 0 radical (unpaired) electrons. The summed E-state index contributed by atoms with van der Waals surface area (Å²) in [4.78, 5) is 26.9. The lowest BCUT2D eigenvalue weighted by atomic mass is 10.1. The van der Waals surface area contributed by atoms with Crippen LogP contribution >= 0.6 is 0 Å². The molecule has 6 heteroatoms. The topological polar surface area (TPSA) is 68.1 Å². The summed E-state index contributed by atoms with van der Waals surface area (Å²) in [6, 6.07) is 15.2. The lowest BCUT2D eigenvalue weighted by Crippen LogP contribution is -2.37. The van der Waals surface area contributed by atoms with Gasteiger partial charge in [0.25, 0.3) is 5.56 Å². The Hall–Kier alpha value is -3.02. The number of aromatic nitrogens is 3. The molecule has 126 valence electrons. The molecule has 1 heterocycles. The highest BCUT2D eigenvalue weighted by Gasteiger charge is 2.28. The molecule has 0 N–H and O–H groups in total. The third-order valence-electron chi connectivity index (χ3n) is 4.88. The molecule has 1 amide bonds. The van der Waals surface area contributed by atoms with Gasteiger partial charge in [0, 0.05) is 7.05 Å². The molecule has 1 aromatic heterocycles. The Labute approximate surface area is 144 Å². The fraction of sp³-hybridized carbons (Fsp3) is 0.263. The van der Waals surface area contributed by atoms with Crippen molar-refractivity contribution >= 4 is 16.8 Å². The van der Waals surface area contributed by atoms with Crippen LogP contribution in [-0.4, -0.2) is 32.8 Å². The van der Waals surface area contributed by atoms with E-state index in [4.69, 9.17) is 0 Å². The van der Waals surface area contributed by atoms with Gasteiger partial charge in [-0.05, 0) is 36.1 Å². The Morgan fingerprint density at radius 1 is 1.20 bits per heavy atom. The number of nitrogens with zero attached hydrogens (tertiary/aromatic N) is 4. The van der Waals surface area contributed by atoms with Crippen molar-refractivity contribution in [1.82, 2.24) is 19.9 Å². The van der Waals surface area contributed by atoms with Crippen LogP contribution in [-0.2, 0) is 17.8 Å². The SMILES string of the molecule is CN(C(=O)Cn1nnc2ccccc2c1=O)C1CCc2ccccc21. The molecule has 4 rings (SSSR count). The number of amides is 1. The summed E-state index contributed by atoms with van der Waals surface area (Å²) in [5.41, 5.74) is 2.72. The minimum Gasteiger partial charge on any atom is -0.337 e. The van der Waals surface area contributed by atoms with Gasteiger partial charge in [0.05, 0.1) is 11.4 Å². The van der Waals surface area contributed by atoms with Crippen molar-refractivity contribution in [1.29, 1.82) is 0 Å². The third kappa shape index (κ3) is 2.69. The van der Waals surface area contributed by atoms with Gasteiger partial charge >= 0.3 is 0 Å². The van der Waals surface area contributed by atoms with E-state index in [-0.39, 0.29) is 24.1 Å². The van der Waals surface area contributed by atoms with Crippen molar-refractivity contribution in [2.45, 2.75) is 25.4 Å². The van der Waals surface area contributed by atoms with Crippen molar-refractivity contribution in [3.05, 3.63) is 70.0 Å². The quantitative estimate of drug-likeness (QED) is 0.734. The fourth-order valence-corrected chi connectivity index (χ4v) is 3.48. The van der Waals surface area contributed by atoms with E-state index in [1.54, 1.807) is 36.2 Å². The number of likely N-dealkylation sites (N-methyl/N-ethyl adjacent to an activating group) is 1. The standard InChI is InChI=1S/C19H18N4O2/c1-22(17-11-10-13-6-2-3-7-14(13)17)18(24)12-23-19(25)15-8-4-5-9-16(15)20-21-23/h2-9,17H,10-12H2,1H3. The molecule has 1 unspecified atom stereocenters. The van der Waals surface area contributed by atoms with Crippen molar-refractivity contribution in [3.8, 4) is 0 Å². The summed E-state index contributed by atoms with van der Waals surface area (Å²) < 4.78 is 1.14. The third-order valence-corrected chi connectivity index (χ3v) is 4.88. The Morgan fingerprint density at radius 3 is 2.84 bits per heavy atom. The number of hydrogen-bond donors (Lipinski definition) is 0. The summed E-state index contributed by atoms with van der Waals surface area (Å²) in [6.07, 6.45) is 1.87. The summed E-state index contributed by atoms with van der Waals surface area (Å²) >= 11 is 0. The van der Waals surface area contributed by atoms with E-state index >= 15 is 0 Å². The summed E-state index contributed by atoms with van der Waals surface area (Å²) in [6.45, 7) is -0.105. The molecular formula is C19H18N4O2. The minimum atomic E-state index is -0.292. The molecule has 25 heavy (non-hydrogen) atoms. The molecule has 0 fully saturated rings. The van der Waals surface area contributed by atoms with Gasteiger partial charge in [-0.25, -0.2) is 4.68 Å². The van der Waals surface area contributed by atoms with Gasteiger partial charge in [-0.15, -0.1) is 5.10 Å². The average Bonchev–Trinajstić information content (AvgIpc) is 3.07. The van der Waals surface area contributed by atoms with Gasteiger partial charge in [-0.1, -0.05) is 41.6 Å². The number of rotatable bonds is 3. The van der Waals surface area contributed by atoms with E-state index in [1.807, 2.05) is 12.1 Å². The van der Waals surface area contributed by atoms with Crippen molar-refractivity contribution < 1.29 is 4.79 Å². The highest BCUT2D eigenvalue weighted by Crippen LogP contribution is 2.34. The Balaban J connectivity index is 1.58. The second-order valence-electron chi connectivity index (χ2n) is 6.33. The number of fused-ring (bicyclic) bond motifs is 2. The maximum absolute atomic E-state index is 12.7. The fourth-order valence-electron chi connectivity index (χ4n) is 3.48. The predicted octanol–water partition coefficient (Wildman–Crippen LogP) is 1.94. The van der Waals surface area contributed by atoms with Crippen LogP contribution in [0, 0.1) is 0 Å². The first kappa shape index (κ1) is 15.5. The average molecular weight is 334 g/mol. The van der Waals surface area contributed by atoms with Crippen LogP contribution in [0.4, 0.5) is 0 Å². The Bertz CT molecular complexity index is 1010. The Kier molecular flexibility index (Phi) is 3.80. The zero-order chi connectivity index (χ0) is 17.4. The number of benzene rings is 2. The first-order valence-electron chi connectivity index (χ1n) is 8.31. The maximum Gasteiger partial charge on any atom is 0.278 e. The van der Waals surface area contributed by atoms with E-state index < -0.39 is 0 Å². The number of hydrogen-bond acceptors (Lipinski definition) is 4. The molecule has 1 atom stereocenters. The minimum absolute atomic E-state index is 0.0489. The smallest absolute Gasteiger partial charge is 0.278 e. The molecule has 3 aromatic rings. The van der Waals surface area contributed by atoms with Crippen LogP contribution < -0.4 is 5.56 Å². The van der Waals surface area contributed by atoms with Gasteiger partial charge in [0.2, 0.25) is 5.91 Å². The zero-order valence-electron chi connectivity index (χ0n) is 13.9. The summed E-state index contributed by atoms with van der Waals surface area (Å²) in [7, 11) is 1.79. The normalized spacial score (nSPS) is 16.0. The van der Waals surface area contributed by atoms with Gasteiger partial charge in [-0.3, -0.25) is 9.59 Å². The molecule has 6 nitrogen and oxygen atoms in total. The molecule has 0 saturated carbocycles. The second kappa shape index (κ2) is 6.12. The molecule has 2 aromatic carbocycles. The zero-order valence-corrected chi connectivity index (χ0v) is 13.9. The van der Waals surface area contributed by atoms with Crippen molar-refractivity contribution in [2.75, 3.05) is 7.05 Å². The lowest BCUT2D eigenvalue weighted by molar-refractivity contribution is -0.133. The van der Waals surface area contributed by atoms with Crippen molar-refractivity contribution in [2.24, 2.45) is 0 Å². The number of carbonyl (C=O) groups excluding carboxylic acids is 1. The highest BCUT2D eigenvalue weighted by atomic mass is 16.2. The molecule has 1 aliphatic carbocycles. The first-order chi connectivity index (χ1) is 12.1. The van der Waals surface area contributed by atoms with Crippen LogP contribution in [0.15, 0.2) is 53.3 Å². The number of aryl methyl sites for hydroxylation is 1. The molecule has 0 spiro atoms. The highest BCUT2D eigenvalue weighted by molar-refractivity contribution is 5.78. The van der Waals surface area contributed by atoms with Crippen LogP contribution in [0.3, 0.4) is 0 Å². The van der Waals surface area contributed by atoms with E-state index in [9.17, 15) is 9.59 Å². The van der Waals surface area contributed by atoms with Crippen LogP contribution in [0.1, 0.15) is 23.6 Å². The van der Waals surface area contributed by atoms with Gasteiger partial charge in [0.15, 0.2) is 0 Å². The molecule has 0 saturated heterocycles. The monoisotopic (exact) mass is 334 g/mol. The van der Waals surface area contributed by atoms with Crippen LogP contribution in [0.5, 0.6) is 0 Å². The van der Waals surface area contributed by atoms with Gasteiger partial charge < -0.3 is 4.90 Å². The predicted molar refractivity (Wildman–Crippen MR) is 94.1 cm³/mol. The maximum atomic E-state index is 12.7. The van der Waals surface area contributed by atoms with Crippen LogP contribution in [0.25, 0.3) is 10.9 Å². The summed E-state index contributed by atoms with van der Waals surface area (Å²) in [5, 5.41) is 8.41. The largest absolute Gasteiger partial charge is 0.337 e. The van der Waals surface area contributed by atoms with Crippen LogP contribution in [0.2, 0.25) is 0 Å². The van der Waals surface area contributed by atoms with E-state index in [0.717, 1.165) is 17.5 Å². The van der Waals surface area contributed by atoms with E-state index in [1.165, 1.54) is 11.1 Å². The molecular weight excluding hydrogens is 316 g/mol. The molecule has 0 aliphatic heterocycles. The Morgan fingerprint density at radius 2 is 1.96 bits per heavy atom. The van der Waals surface area contributed by atoms with Gasteiger partial charge in [0.1, 0.15) is 12.1 Å². The van der Waals surface area contributed by atoms with Crippen molar-refractivity contribution in [3.63, 3.8) is 0 Å². The molecule has 0 bridgehead atoms. The number of carbonyl (C=O) groups is 1. The second-order valence-corrected chi connectivity index (χ2v) is 6.33. The summed E-state index contributed by atoms with van der Waals surface area (Å²) in [5.74, 6) is -0.145. The first-order valence-corrected chi connectivity index (χ1v) is 8.31. The van der Waals surface area contributed by atoms with E-state index in [0.29, 0.717) is 10.9 Å².